The van der Waals surface area contributed by atoms with Gasteiger partial charge in [-0.15, -0.1) is 0 Å². The van der Waals surface area contributed by atoms with Crippen molar-refractivity contribution in [1.82, 2.24) is 0 Å². The van der Waals surface area contributed by atoms with Gasteiger partial charge in [0.25, 0.3) is 0 Å². The number of ether oxygens (including phenoxy) is 3. The highest BCUT2D eigenvalue weighted by Crippen LogP contribution is 2.16. The topological polar surface area (TPSA) is 78.9 Å². The Labute approximate surface area is 477 Å². The van der Waals surface area contributed by atoms with Crippen LogP contribution < -0.4 is 0 Å². The van der Waals surface area contributed by atoms with Crippen LogP contribution in [-0.4, -0.2) is 37.2 Å². The second kappa shape index (κ2) is 64.9. The van der Waals surface area contributed by atoms with E-state index in [1.54, 1.807) is 0 Å². The van der Waals surface area contributed by atoms with Gasteiger partial charge < -0.3 is 14.2 Å². The van der Waals surface area contributed by atoms with Crippen LogP contribution in [0.5, 0.6) is 0 Å². The molecule has 1 atom stereocenters. The van der Waals surface area contributed by atoms with Crippen molar-refractivity contribution in [2.45, 2.75) is 322 Å². The van der Waals surface area contributed by atoms with Crippen LogP contribution in [0.4, 0.5) is 0 Å². The molecule has 0 aromatic rings. The Morgan fingerprint density at radius 2 is 0.506 bits per heavy atom. The lowest BCUT2D eigenvalue weighted by Crippen LogP contribution is -2.30. The van der Waals surface area contributed by atoms with Crippen LogP contribution in [0, 0.1) is 0 Å². The van der Waals surface area contributed by atoms with E-state index in [4.69, 9.17) is 14.2 Å². The van der Waals surface area contributed by atoms with E-state index < -0.39 is 6.10 Å². The summed E-state index contributed by atoms with van der Waals surface area (Å²) in [6.45, 7) is 6.51. The molecule has 6 nitrogen and oxygen atoms in total. The summed E-state index contributed by atoms with van der Waals surface area (Å²) in [7, 11) is 0. The third kappa shape index (κ3) is 63.0. The Bertz CT molecular complexity index is 1510. The number of allylic oxidation sites excluding steroid dienone is 16. The molecule has 0 amide bonds. The molecular weight excluding hydrogens is 949 g/mol. The van der Waals surface area contributed by atoms with E-state index >= 15 is 0 Å². The summed E-state index contributed by atoms with van der Waals surface area (Å²) in [6.07, 6.45) is 87.0. The van der Waals surface area contributed by atoms with E-state index in [-0.39, 0.29) is 37.5 Å². The highest BCUT2D eigenvalue weighted by atomic mass is 16.6. The van der Waals surface area contributed by atoms with E-state index in [2.05, 4.69) is 118 Å². The van der Waals surface area contributed by atoms with Gasteiger partial charge in [-0.1, -0.05) is 272 Å². The summed E-state index contributed by atoms with van der Waals surface area (Å²) in [5.74, 6) is -0.921. The molecule has 0 aromatic heterocycles. The quantitative estimate of drug-likeness (QED) is 0.0261. The van der Waals surface area contributed by atoms with Gasteiger partial charge in [0.15, 0.2) is 6.10 Å². The fourth-order valence-electron chi connectivity index (χ4n) is 9.14. The van der Waals surface area contributed by atoms with Crippen LogP contribution >= 0.6 is 0 Å². The maximum Gasteiger partial charge on any atom is 0.306 e. The van der Waals surface area contributed by atoms with Crippen LogP contribution in [-0.2, 0) is 28.6 Å². The summed E-state index contributed by atoms with van der Waals surface area (Å²) >= 11 is 0. The van der Waals surface area contributed by atoms with Crippen LogP contribution in [0.2, 0.25) is 0 Å². The van der Waals surface area contributed by atoms with Gasteiger partial charge in [0, 0.05) is 19.3 Å². The lowest BCUT2D eigenvalue weighted by Gasteiger charge is -2.18. The summed E-state index contributed by atoms with van der Waals surface area (Å²) in [5.41, 5.74) is 0. The van der Waals surface area contributed by atoms with Crippen molar-refractivity contribution in [3.05, 3.63) is 97.2 Å². The Kier molecular flexibility index (Phi) is 61.8. The first-order chi connectivity index (χ1) is 38.0. The summed E-state index contributed by atoms with van der Waals surface area (Å²) < 4.78 is 16.9. The minimum absolute atomic E-state index is 0.0928. The zero-order chi connectivity index (χ0) is 55.7. The molecule has 0 aromatic carbocycles. The molecule has 0 saturated heterocycles. The zero-order valence-electron chi connectivity index (χ0n) is 50.7. The first-order valence-electron chi connectivity index (χ1n) is 32.7. The molecular formula is C71H122O6. The second-order valence-electron chi connectivity index (χ2n) is 21.6. The predicted octanol–water partition coefficient (Wildman–Crippen LogP) is 22.4. The van der Waals surface area contributed by atoms with E-state index in [1.165, 1.54) is 173 Å². The number of carbonyl (C=O) groups excluding carboxylic acids is 3. The monoisotopic (exact) mass is 1070 g/mol. The lowest BCUT2D eigenvalue weighted by molar-refractivity contribution is -0.167. The summed E-state index contributed by atoms with van der Waals surface area (Å²) in [6, 6.07) is 0. The van der Waals surface area contributed by atoms with Crippen molar-refractivity contribution in [1.29, 1.82) is 0 Å². The third-order valence-electron chi connectivity index (χ3n) is 14.0. The van der Waals surface area contributed by atoms with Gasteiger partial charge in [0.1, 0.15) is 13.2 Å². The molecule has 6 heteroatoms. The Balaban J connectivity index is 4.42. The lowest BCUT2D eigenvalue weighted by atomic mass is 10.0. The standard InChI is InChI=1S/C71H122O6/c1-4-7-10-13-16-19-22-25-28-31-33-34-35-36-38-40-43-46-49-52-55-58-61-64-70(73)76-67-68(66-75-69(72)63-60-57-54-51-48-45-42-39-30-27-24-21-18-15-12-9-6-3)77-71(74)65-62-59-56-53-50-47-44-41-37-32-29-26-23-20-17-14-11-8-5-2/h8,11,17,20,22,25-27,29-31,33,37,41,47,50,68H,4-7,9-10,12-16,18-19,21,23-24,28,32,34-36,38-40,42-46,48-49,51-67H2,1-3H3/b11-8-,20-17-,25-22-,29-26-,30-27-,33-31-,41-37-,50-47-. The maximum atomic E-state index is 12.9. The molecule has 0 aliphatic heterocycles. The van der Waals surface area contributed by atoms with Crippen molar-refractivity contribution in [3.8, 4) is 0 Å². The Morgan fingerprint density at radius 1 is 0.273 bits per heavy atom. The van der Waals surface area contributed by atoms with Crippen molar-refractivity contribution in [2.75, 3.05) is 13.2 Å². The maximum absolute atomic E-state index is 12.9. The number of carbonyl (C=O) groups is 3. The van der Waals surface area contributed by atoms with Gasteiger partial charge in [-0.2, -0.15) is 0 Å². The Morgan fingerprint density at radius 3 is 0.818 bits per heavy atom. The molecule has 0 bridgehead atoms. The van der Waals surface area contributed by atoms with Crippen molar-refractivity contribution >= 4 is 17.9 Å². The number of esters is 3. The summed E-state index contributed by atoms with van der Waals surface area (Å²) in [4.78, 5) is 38.4. The van der Waals surface area contributed by atoms with Gasteiger partial charge in [-0.05, 0) is 122 Å². The molecule has 0 rings (SSSR count). The van der Waals surface area contributed by atoms with Crippen LogP contribution in [0.3, 0.4) is 0 Å². The summed E-state index contributed by atoms with van der Waals surface area (Å²) in [5, 5.41) is 0. The van der Waals surface area contributed by atoms with Gasteiger partial charge in [0.05, 0.1) is 0 Å². The molecule has 0 spiro atoms. The highest BCUT2D eigenvalue weighted by Gasteiger charge is 2.19. The molecule has 0 heterocycles. The molecule has 0 aliphatic carbocycles. The van der Waals surface area contributed by atoms with E-state index in [0.717, 1.165) is 103 Å². The largest absolute Gasteiger partial charge is 0.462 e. The average molecular weight is 1070 g/mol. The third-order valence-corrected chi connectivity index (χ3v) is 14.0. The molecule has 0 aliphatic rings. The predicted molar refractivity (Wildman–Crippen MR) is 334 cm³/mol. The number of unbranched alkanes of at least 4 members (excludes halogenated alkanes) is 32. The van der Waals surface area contributed by atoms with Crippen LogP contribution in [0.1, 0.15) is 316 Å². The van der Waals surface area contributed by atoms with Gasteiger partial charge in [0.2, 0.25) is 0 Å². The zero-order valence-corrected chi connectivity index (χ0v) is 50.7. The van der Waals surface area contributed by atoms with E-state index in [1.807, 2.05) is 0 Å². The van der Waals surface area contributed by atoms with Crippen molar-refractivity contribution in [3.63, 3.8) is 0 Å². The highest BCUT2D eigenvalue weighted by molar-refractivity contribution is 5.71. The fraction of sp³-hybridized carbons (Fsp3) is 0.732. The molecule has 0 radical (unpaired) electrons. The average Bonchev–Trinajstić information content (AvgIpc) is 3.43. The van der Waals surface area contributed by atoms with Crippen molar-refractivity contribution < 1.29 is 28.6 Å². The van der Waals surface area contributed by atoms with Crippen LogP contribution in [0.25, 0.3) is 0 Å². The molecule has 442 valence electrons. The van der Waals surface area contributed by atoms with Gasteiger partial charge in [-0.25, -0.2) is 0 Å². The van der Waals surface area contributed by atoms with Crippen LogP contribution in [0.15, 0.2) is 97.2 Å². The van der Waals surface area contributed by atoms with Gasteiger partial charge >= 0.3 is 17.9 Å². The number of hydrogen-bond acceptors (Lipinski definition) is 6. The van der Waals surface area contributed by atoms with E-state index in [0.29, 0.717) is 12.8 Å². The first kappa shape index (κ1) is 73.3. The van der Waals surface area contributed by atoms with E-state index in [9.17, 15) is 14.4 Å². The fourth-order valence-corrected chi connectivity index (χ4v) is 9.14. The molecule has 77 heavy (non-hydrogen) atoms. The number of hydrogen-bond donors (Lipinski definition) is 0. The minimum Gasteiger partial charge on any atom is -0.462 e. The minimum atomic E-state index is -0.800. The Hall–Kier alpha value is -3.67. The normalized spacial score (nSPS) is 12.7. The number of rotatable bonds is 59. The molecule has 0 N–H and O–H groups in total. The smallest absolute Gasteiger partial charge is 0.306 e. The molecule has 1 unspecified atom stereocenters. The molecule has 0 fully saturated rings. The van der Waals surface area contributed by atoms with Gasteiger partial charge in [-0.3, -0.25) is 14.4 Å². The molecule has 0 saturated carbocycles. The first-order valence-corrected chi connectivity index (χ1v) is 32.7. The second-order valence-corrected chi connectivity index (χ2v) is 21.6. The van der Waals surface area contributed by atoms with Crippen molar-refractivity contribution in [2.24, 2.45) is 0 Å². The SMILES string of the molecule is CC/C=C\C/C=C\C/C=C\C/C=C\C/C=C\CCCCCC(=O)OC(COC(=O)CCCCCCCCC/C=C\CCCCCCCC)COC(=O)CCCCCCCCCCCCC/C=C\C/C=C\CCCCCCC.